The molecule has 0 aliphatic carbocycles. The highest BCUT2D eigenvalue weighted by atomic mass is 19.1. The molecule has 0 radical (unpaired) electrons. The van der Waals surface area contributed by atoms with E-state index in [1.807, 2.05) is 12.1 Å². The van der Waals surface area contributed by atoms with Crippen molar-refractivity contribution in [2.45, 2.75) is 51.8 Å². The van der Waals surface area contributed by atoms with Gasteiger partial charge in [0.15, 0.2) is 0 Å². The van der Waals surface area contributed by atoms with Gasteiger partial charge in [0.05, 0.1) is 18.6 Å². The fourth-order valence-corrected chi connectivity index (χ4v) is 3.94. The summed E-state index contributed by atoms with van der Waals surface area (Å²) < 4.78 is 27.5. The van der Waals surface area contributed by atoms with Crippen molar-refractivity contribution >= 4 is 5.91 Å². The van der Waals surface area contributed by atoms with E-state index in [0.717, 1.165) is 18.1 Å². The van der Waals surface area contributed by atoms with E-state index in [1.165, 1.54) is 23.8 Å². The largest absolute Gasteiger partial charge is 0.508 e. The first-order valence-electron chi connectivity index (χ1n) is 11.7. The van der Waals surface area contributed by atoms with Crippen LogP contribution in [0.3, 0.4) is 0 Å². The zero-order valence-corrected chi connectivity index (χ0v) is 20.0. The Morgan fingerprint density at radius 1 is 0.943 bits per heavy atom. The average molecular weight is 483 g/mol. The third-order valence-electron chi connectivity index (χ3n) is 5.91. The maximum atomic E-state index is 13.7. The van der Waals surface area contributed by atoms with Crippen molar-refractivity contribution in [1.82, 2.24) is 10.6 Å². The minimum absolute atomic E-state index is 0.00812. The first-order valence-corrected chi connectivity index (χ1v) is 11.7. The number of aliphatic hydroxyl groups is 1. The number of benzene rings is 3. The second kappa shape index (κ2) is 12.4. The van der Waals surface area contributed by atoms with Gasteiger partial charge in [-0.1, -0.05) is 43.3 Å². The van der Waals surface area contributed by atoms with Crippen LogP contribution >= 0.6 is 0 Å². The monoisotopic (exact) mass is 482 g/mol. The summed E-state index contributed by atoms with van der Waals surface area (Å²) in [5, 5.41) is 26.8. The van der Waals surface area contributed by atoms with E-state index in [9.17, 15) is 23.8 Å². The number of aliphatic hydroxyl groups excluding tert-OH is 1. The molecule has 1 amide bonds. The van der Waals surface area contributed by atoms with Gasteiger partial charge in [0.2, 0.25) is 5.91 Å². The van der Waals surface area contributed by atoms with Crippen LogP contribution < -0.4 is 10.6 Å². The number of carbonyl (C=O) groups is 1. The summed E-state index contributed by atoms with van der Waals surface area (Å²) in [6, 6.07) is 15.5. The van der Waals surface area contributed by atoms with Crippen LogP contribution in [0.15, 0.2) is 60.7 Å². The molecule has 0 aliphatic rings. The van der Waals surface area contributed by atoms with Gasteiger partial charge in [0, 0.05) is 19.2 Å². The molecule has 0 fully saturated rings. The zero-order valence-electron chi connectivity index (χ0n) is 20.0. The molecule has 0 heterocycles. The Bertz CT molecular complexity index is 1130. The number of hydrogen-bond acceptors (Lipinski definition) is 4. The van der Waals surface area contributed by atoms with Crippen molar-refractivity contribution < 1.29 is 23.8 Å². The lowest BCUT2D eigenvalue weighted by Gasteiger charge is -2.25. The van der Waals surface area contributed by atoms with E-state index in [1.54, 1.807) is 19.1 Å². The predicted molar refractivity (Wildman–Crippen MR) is 132 cm³/mol. The molecule has 186 valence electrons. The molecule has 0 saturated carbocycles. The molecule has 0 aromatic heterocycles. The highest BCUT2D eigenvalue weighted by Crippen LogP contribution is 2.18. The van der Waals surface area contributed by atoms with Gasteiger partial charge in [-0.05, 0) is 65.8 Å². The van der Waals surface area contributed by atoms with Crippen LogP contribution in [0.1, 0.15) is 34.7 Å². The predicted octanol–water partition coefficient (Wildman–Crippen LogP) is 3.96. The van der Waals surface area contributed by atoms with Crippen LogP contribution in [0, 0.1) is 18.6 Å². The van der Waals surface area contributed by atoms with Crippen molar-refractivity contribution in [3.63, 3.8) is 0 Å². The summed E-state index contributed by atoms with van der Waals surface area (Å²) in [7, 11) is 0. The van der Waals surface area contributed by atoms with E-state index >= 15 is 0 Å². The van der Waals surface area contributed by atoms with Gasteiger partial charge < -0.3 is 20.8 Å². The Kier molecular flexibility index (Phi) is 9.34. The summed E-state index contributed by atoms with van der Waals surface area (Å²) in [6.07, 6.45) is -0.0429. The molecular formula is C28H32F2N2O3. The molecule has 35 heavy (non-hydrogen) atoms. The molecule has 5 nitrogen and oxygen atoms in total. The van der Waals surface area contributed by atoms with Gasteiger partial charge in [-0.2, -0.15) is 0 Å². The lowest BCUT2D eigenvalue weighted by atomic mass is 9.99. The fraction of sp³-hybridized carbons (Fsp3) is 0.321. The highest BCUT2D eigenvalue weighted by molar-refractivity contribution is 5.79. The number of phenols is 1. The van der Waals surface area contributed by atoms with Crippen LogP contribution in [0.25, 0.3) is 0 Å². The number of aromatic hydroxyl groups is 1. The van der Waals surface area contributed by atoms with Crippen LogP contribution in [-0.4, -0.2) is 34.8 Å². The van der Waals surface area contributed by atoms with Crippen LogP contribution in [-0.2, 0) is 30.6 Å². The van der Waals surface area contributed by atoms with Crippen molar-refractivity contribution in [2.75, 3.05) is 6.54 Å². The second-order valence-electron chi connectivity index (χ2n) is 8.83. The van der Waals surface area contributed by atoms with Gasteiger partial charge in [0.25, 0.3) is 0 Å². The Morgan fingerprint density at radius 2 is 1.66 bits per heavy atom. The first-order chi connectivity index (χ1) is 16.7. The van der Waals surface area contributed by atoms with E-state index < -0.39 is 23.8 Å². The molecule has 0 aliphatic heterocycles. The van der Waals surface area contributed by atoms with Gasteiger partial charge in [-0.3, -0.25) is 4.79 Å². The van der Waals surface area contributed by atoms with Crippen LogP contribution in [0.4, 0.5) is 8.78 Å². The zero-order chi connectivity index (χ0) is 25.4. The summed E-state index contributed by atoms with van der Waals surface area (Å²) in [6.45, 7) is 4.54. The van der Waals surface area contributed by atoms with Gasteiger partial charge in [0.1, 0.15) is 17.4 Å². The summed E-state index contributed by atoms with van der Waals surface area (Å²) in [5.41, 5.74) is 3.93. The fourth-order valence-electron chi connectivity index (χ4n) is 3.94. The van der Waals surface area contributed by atoms with E-state index in [0.29, 0.717) is 23.2 Å². The molecule has 4 N–H and O–H groups in total. The van der Waals surface area contributed by atoms with Gasteiger partial charge >= 0.3 is 0 Å². The van der Waals surface area contributed by atoms with Crippen molar-refractivity contribution in [2.24, 2.45) is 0 Å². The maximum absolute atomic E-state index is 13.7. The Balaban J connectivity index is 1.68. The number of aryl methyl sites for hydroxylation is 2. The molecule has 2 atom stereocenters. The van der Waals surface area contributed by atoms with Crippen molar-refractivity contribution in [1.29, 1.82) is 0 Å². The normalized spacial score (nSPS) is 12.8. The third kappa shape index (κ3) is 8.16. The highest BCUT2D eigenvalue weighted by Gasteiger charge is 2.22. The average Bonchev–Trinajstić information content (AvgIpc) is 2.80. The number of rotatable bonds is 11. The topological polar surface area (TPSA) is 81.6 Å². The van der Waals surface area contributed by atoms with Crippen LogP contribution in [0.2, 0.25) is 0 Å². The summed E-state index contributed by atoms with van der Waals surface area (Å²) >= 11 is 0. The lowest BCUT2D eigenvalue weighted by molar-refractivity contribution is -0.122. The first kappa shape index (κ1) is 26.3. The Hall–Kier alpha value is -3.29. The summed E-state index contributed by atoms with van der Waals surface area (Å²) in [5.74, 6) is -1.71. The minimum atomic E-state index is -1.01. The molecule has 3 aromatic rings. The second-order valence-corrected chi connectivity index (χ2v) is 8.83. The number of halogens is 2. The number of phenolic OH excluding ortho intramolecular Hbond substituents is 1. The molecule has 3 aromatic carbocycles. The smallest absolute Gasteiger partial charge is 0.224 e. The van der Waals surface area contributed by atoms with Crippen molar-refractivity contribution in [3.05, 3.63) is 100 Å². The van der Waals surface area contributed by atoms with E-state index in [4.69, 9.17) is 0 Å². The third-order valence-corrected chi connectivity index (χ3v) is 5.91. The van der Waals surface area contributed by atoms with Crippen molar-refractivity contribution in [3.8, 4) is 5.75 Å². The number of hydrogen-bond donors (Lipinski definition) is 4. The number of amides is 1. The Morgan fingerprint density at radius 3 is 2.34 bits per heavy atom. The maximum Gasteiger partial charge on any atom is 0.224 e. The van der Waals surface area contributed by atoms with Gasteiger partial charge in [-0.25, -0.2) is 8.78 Å². The molecule has 0 saturated heterocycles. The molecular weight excluding hydrogens is 450 g/mol. The SMILES string of the molecule is CCc1cccc(CNC[C@H](O)[C@H](Cc2cc(F)cc(F)c2)NC(=O)Cc2ccc(C)c(O)c2)c1. The lowest BCUT2D eigenvalue weighted by Crippen LogP contribution is -2.49. The molecule has 0 unspecified atom stereocenters. The number of carbonyl (C=O) groups excluding carboxylic acids is 1. The van der Waals surface area contributed by atoms with Gasteiger partial charge in [-0.15, -0.1) is 0 Å². The van der Waals surface area contributed by atoms with E-state index in [2.05, 4.69) is 29.7 Å². The number of nitrogens with one attached hydrogen (secondary N) is 2. The summed E-state index contributed by atoms with van der Waals surface area (Å²) in [4.78, 5) is 12.7. The van der Waals surface area contributed by atoms with E-state index in [-0.39, 0.29) is 31.0 Å². The molecule has 0 spiro atoms. The quantitative estimate of drug-likeness (QED) is 0.334. The Labute approximate surface area is 204 Å². The standard InChI is InChI=1S/C28H32F2N2O3/c1-3-19-5-4-6-21(9-19)16-31-17-27(34)25(12-22-10-23(29)15-24(30)11-22)32-28(35)14-20-8-7-18(2)26(33)13-20/h4-11,13,15,25,27,31,33-34H,3,12,14,16-17H2,1-2H3,(H,32,35)/t25-,27-/m0/s1. The molecule has 7 heteroatoms. The van der Waals surface area contributed by atoms with Crippen LogP contribution in [0.5, 0.6) is 5.75 Å². The minimum Gasteiger partial charge on any atom is -0.508 e. The molecule has 0 bridgehead atoms. The molecule has 3 rings (SSSR count).